The van der Waals surface area contributed by atoms with Crippen molar-refractivity contribution in [1.29, 1.82) is 0 Å². The topological polar surface area (TPSA) is 131 Å². The first-order chi connectivity index (χ1) is 10.4. The highest BCUT2D eigenvalue weighted by Crippen LogP contribution is 2.36. The molecule has 22 heavy (non-hydrogen) atoms. The molecule has 2 fully saturated rings. The summed E-state index contributed by atoms with van der Waals surface area (Å²) >= 11 is 0. The summed E-state index contributed by atoms with van der Waals surface area (Å²) in [5, 5.41) is 34.5. The Morgan fingerprint density at radius 1 is 1.45 bits per heavy atom. The summed E-state index contributed by atoms with van der Waals surface area (Å²) in [6.07, 6.45) is 0.511. The predicted molar refractivity (Wildman–Crippen MR) is 71.9 cm³/mol. The summed E-state index contributed by atoms with van der Waals surface area (Å²) in [7, 11) is 0. The Bertz CT molecular complexity index is 572. The average molecular weight is 311 g/mol. The van der Waals surface area contributed by atoms with Gasteiger partial charge in [-0.15, -0.1) is 0 Å². The monoisotopic (exact) mass is 311 g/mol. The van der Waals surface area contributed by atoms with Crippen LogP contribution in [0, 0.1) is 0 Å². The third-order valence-corrected chi connectivity index (χ3v) is 4.09. The van der Waals surface area contributed by atoms with E-state index in [1.165, 1.54) is 11.8 Å². The standard InChI is InChI=1S/C13H17N3O6/c1-13(21)8(18)7(5-17)22-11(13)16-4-2-3-6-9(16)14-12(20)15-10(6)19/h2-4,7-9,11,17-18,21H,5H2,1H3,(H2,14,15,19,20)/t7?,8?,9?,11?,13-/m1/s1. The minimum Gasteiger partial charge on any atom is -0.394 e. The van der Waals surface area contributed by atoms with E-state index in [4.69, 9.17) is 4.74 Å². The molecule has 0 saturated carbocycles. The molecule has 0 aromatic carbocycles. The van der Waals surface area contributed by atoms with Crippen LogP contribution >= 0.6 is 0 Å². The van der Waals surface area contributed by atoms with Crippen molar-refractivity contribution in [3.63, 3.8) is 0 Å². The number of amides is 3. The predicted octanol–water partition coefficient (Wildman–Crippen LogP) is -2.26. The maximum atomic E-state index is 11.9. The molecule has 0 aromatic heterocycles. The number of fused-ring (bicyclic) bond motifs is 1. The van der Waals surface area contributed by atoms with Crippen molar-refractivity contribution in [3.8, 4) is 0 Å². The van der Waals surface area contributed by atoms with Gasteiger partial charge in [-0.3, -0.25) is 10.1 Å². The van der Waals surface area contributed by atoms with Crippen molar-refractivity contribution < 1.29 is 29.6 Å². The zero-order valence-electron chi connectivity index (χ0n) is 11.8. The number of ether oxygens (including phenoxy) is 1. The molecular formula is C13H17N3O6. The van der Waals surface area contributed by atoms with Gasteiger partial charge in [0.15, 0.2) is 6.23 Å². The number of carbonyl (C=O) groups excluding carboxylic acids is 2. The Balaban J connectivity index is 1.92. The molecule has 3 heterocycles. The molecule has 0 spiro atoms. The molecular weight excluding hydrogens is 294 g/mol. The van der Waals surface area contributed by atoms with Gasteiger partial charge < -0.3 is 30.3 Å². The molecule has 5 atom stereocenters. The van der Waals surface area contributed by atoms with Crippen molar-refractivity contribution in [2.75, 3.05) is 6.61 Å². The van der Waals surface area contributed by atoms with Crippen molar-refractivity contribution in [3.05, 3.63) is 23.9 Å². The van der Waals surface area contributed by atoms with E-state index in [2.05, 4.69) is 10.6 Å². The number of hydrogen-bond donors (Lipinski definition) is 5. The molecule has 3 aliphatic heterocycles. The second-order valence-corrected chi connectivity index (χ2v) is 5.62. The minimum atomic E-state index is -1.70. The van der Waals surface area contributed by atoms with E-state index in [9.17, 15) is 24.9 Å². The fourth-order valence-corrected chi connectivity index (χ4v) is 2.90. The highest BCUT2D eigenvalue weighted by Gasteiger charge is 2.56. The van der Waals surface area contributed by atoms with Gasteiger partial charge in [0.25, 0.3) is 5.91 Å². The SMILES string of the molecule is C[C@@]1(O)C(O)C(CO)OC1N1C=CC=C2C(=O)NC(=O)NC21. The average Bonchev–Trinajstić information content (AvgIpc) is 2.69. The summed E-state index contributed by atoms with van der Waals surface area (Å²) in [6.45, 7) is 0.903. The van der Waals surface area contributed by atoms with Crippen LogP contribution < -0.4 is 10.6 Å². The number of allylic oxidation sites excluding steroid dienone is 2. The Kier molecular flexibility index (Phi) is 3.44. The fourth-order valence-electron chi connectivity index (χ4n) is 2.90. The van der Waals surface area contributed by atoms with Crippen LogP contribution in [0.1, 0.15) is 6.92 Å². The van der Waals surface area contributed by atoms with Gasteiger partial charge >= 0.3 is 6.03 Å². The van der Waals surface area contributed by atoms with Gasteiger partial charge in [0, 0.05) is 6.20 Å². The summed E-state index contributed by atoms with van der Waals surface area (Å²) in [5.74, 6) is -0.542. The minimum absolute atomic E-state index is 0.281. The van der Waals surface area contributed by atoms with Crippen molar-refractivity contribution in [1.82, 2.24) is 15.5 Å². The molecule has 3 aliphatic rings. The van der Waals surface area contributed by atoms with Gasteiger partial charge in [-0.25, -0.2) is 4.79 Å². The number of rotatable bonds is 2. The molecule has 2 saturated heterocycles. The highest BCUT2D eigenvalue weighted by molar-refractivity contribution is 6.07. The number of nitrogens with zero attached hydrogens (tertiary/aromatic N) is 1. The third kappa shape index (κ3) is 2.10. The zero-order valence-corrected chi connectivity index (χ0v) is 11.8. The molecule has 9 nitrogen and oxygen atoms in total. The normalized spacial score (nSPS) is 40.9. The molecule has 120 valence electrons. The highest BCUT2D eigenvalue weighted by atomic mass is 16.6. The van der Waals surface area contributed by atoms with Crippen LogP contribution in [0.15, 0.2) is 23.9 Å². The lowest BCUT2D eigenvalue weighted by atomic mass is 9.94. The molecule has 9 heteroatoms. The lowest BCUT2D eigenvalue weighted by Crippen LogP contribution is -2.64. The summed E-state index contributed by atoms with van der Waals surface area (Å²) in [6, 6.07) is -0.663. The number of hydrogen-bond acceptors (Lipinski definition) is 7. The largest absolute Gasteiger partial charge is 0.394 e. The van der Waals surface area contributed by atoms with Crippen LogP contribution in [0.5, 0.6) is 0 Å². The van der Waals surface area contributed by atoms with E-state index in [1.54, 1.807) is 18.4 Å². The summed E-state index contributed by atoms with van der Waals surface area (Å²) in [4.78, 5) is 24.8. The van der Waals surface area contributed by atoms with Gasteiger partial charge in [0.2, 0.25) is 0 Å². The number of aliphatic hydroxyl groups is 3. The van der Waals surface area contributed by atoms with Gasteiger partial charge in [-0.2, -0.15) is 0 Å². The molecule has 0 aliphatic carbocycles. The lowest BCUT2D eigenvalue weighted by molar-refractivity contribution is -0.134. The first-order valence-electron chi connectivity index (χ1n) is 6.80. The smallest absolute Gasteiger partial charge is 0.323 e. The molecule has 3 amide bonds. The maximum Gasteiger partial charge on any atom is 0.323 e. The molecule has 0 aromatic rings. The van der Waals surface area contributed by atoms with Gasteiger partial charge in [0.1, 0.15) is 24.0 Å². The Morgan fingerprint density at radius 3 is 2.82 bits per heavy atom. The van der Waals surface area contributed by atoms with Gasteiger partial charge in [-0.1, -0.05) is 0 Å². The number of aliphatic hydroxyl groups excluding tert-OH is 2. The number of imide groups is 1. The maximum absolute atomic E-state index is 11.9. The summed E-state index contributed by atoms with van der Waals surface area (Å²) < 4.78 is 5.51. The zero-order chi connectivity index (χ0) is 16.1. The van der Waals surface area contributed by atoms with Crippen molar-refractivity contribution >= 4 is 11.9 Å². The molecule has 0 radical (unpaired) electrons. The molecule has 0 bridgehead atoms. The molecule has 4 unspecified atom stereocenters. The Morgan fingerprint density at radius 2 is 2.18 bits per heavy atom. The number of nitrogens with one attached hydrogen (secondary N) is 2. The number of carbonyl (C=O) groups is 2. The van der Waals surface area contributed by atoms with Crippen LogP contribution in [0.2, 0.25) is 0 Å². The molecule has 5 N–H and O–H groups in total. The van der Waals surface area contributed by atoms with Crippen LogP contribution in [0.4, 0.5) is 4.79 Å². The van der Waals surface area contributed by atoms with E-state index in [0.29, 0.717) is 0 Å². The van der Waals surface area contributed by atoms with Gasteiger partial charge in [-0.05, 0) is 19.1 Å². The van der Waals surface area contributed by atoms with Crippen LogP contribution in [-0.4, -0.2) is 69.0 Å². The fraction of sp³-hybridized carbons (Fsp3) is 0.538. The first kappa shape index (κ1) is 15.0. The van der Waals surface area contributed by atoms with Crippen LogP contribution in [0.3, 0.4) is 0 Å². The second kappa shape index (κ2) is 5.06. The second-order valence-electron chi connectivity index (χ2n) is 5.62. The van der Waals surface area contributed by atoms with Crippen molar-refractivity contribution in [2.24, 2.45) is 0 Å². The Labute approximate surface area is 125 Å². The Hall–Kier alpha value is -1.94. The third-order valence-electron chi connectivity index (χ3n) is 4.09. The van der Waals surface area contributed by atoms with Crippen molar-refractivity contribution in [2.45, 2.75) is 37.1 Å². The number of urea groups is 1. The van der Waals surface area contributed by atoms with E-state index >= 15 is 0 Å². The van der Waals surface area contributed by atoms with Crippen LogP contribution in [-0.2, 0) is 9.53 Å². The van der Waals surface area contributed by atoms with Crippen LogP contribution in [0.25, 0.3) is 0 Å². The van der Waals surface area contributed by atoms with Gasteiger partial charge in [0.05, 0.1) is 12.2 Å². The van der Waals surface area contributed by atoms with E-state index < -0.39 is 48.7 Å². The quantitative estimate of drug-likeness (QED) is 0.389. The van der Waals surface area contributed by atoms with E-state index in [0.717, 1.165) is 0 Å². The van der Waals surface area contributed by atoms with E-state index in [-0.39, 0.29) is 5.57 Å². The molecule has 3 rings (SSSR count). The summed E-state index contributed by atoms with van der Waals surface area (Å²) in [5.41, 5.74) is -1.41. The van der Waals surface area contributed by atoms with E-state index in [1.807, 2.05) is 0 Å². The lowest BCUT2D eigenvalue weighted by Gasteiger charge is -2.43. The first-order valence-corrected chi connectivity index (χ1v) is 6.80.